The summed E-state index contributed by atoms with van der Waals surface area (Å²) >= 11 is 0. The van der Waals surface area contributed by atoms with E-state index in [1.807, 2.05) is 0 Å². The zero-order valence-corrected chi connectivity index (χ0v) is 8.39. The van der Waals surface area contributed by atoms with E-state index in [2.05, 4.69) is 52.0 Å². The molecule has 0 amide bonds. The van der Waals surface area contributed by atoms with Crippen molar-refractivity contribution in [2.24, 2.45) is 0 Å². The van der Waals surface area contributed by atoms with Crippen molar-refractivity contribution in [3.05, 3.63) is 29.3 Å². The van der Waals surface area contributed by atoms with Gasteiger partial charge in [-0.05, 0) is 26.6 Å². The standard InChI is InChI=1S/C10H16BN/c1-8-4-5-9(7-12(2)3)10(11)6-8/h4-6H,7,11H2,1-3H3. The second-order valence-corrected chi connectivity index (χ2v) is 3.67. The normalized spacial score (nSPS) is 10.7. The predicted octanol–water partition coefficient (Wildman–Crippen LogP) is 0.315. The first-order valence-electron chi connectivity index (χ1n) is 4.30. The lowest BCUT2D eigenvalue weighted by molar-refractivity contribution is 0.403. The van der Waals surface area contributed by atoms with Crippen molar-refractivity contribution in [3.63, 3.8) is 0 Å². The first kappa shape index (κ1) is 9.33. The van der Waals surface area contributed by atoms with Gasteiger partial charge in [0.2, 0.25) is 0 Å². The van der Waals surface area contributed by atoms with Crippen molar-refractivity contribution in [1.82, 2.24) is 4.90 Å². The molecule has 0 spiro atoms. The van der Waals surface area contributed by atoms with Crippen molar-refractivity contribution < 1.29 is 0 Å². The number of hydrogen-bond acceptors (Lipinski definition) is 1. The van der Waals surface area contributed by atoms with Crippen molar-refractivity contribution in [2.75, 3.05) is 14.1 Å². The molecule has 1 rings (SSSR count). The summed E-state index contributed by atoms with van der Waals surface area (Å²) < 4.78 is 0. The van der Waals surface area contributed by atoms with Crippen molar-refractivity contribution in [1.29, 1.82) is 0 Å². The van der Waals surface area contributed by atoms with Crippen molar-refractivity contribution in [2.45, 2.75) is 13.5 Å². The molecular weight excluding hydrogens is 145 g/mol. The monoisotopic (exact) mass is 161 g/mol. The van der Waals surface area contributed by atoms with E-state index < -0.39 is 0 Å². The average Bonchev–Trinajstić information content (AvgIpc) is 1.94. The van der Waals surface area contributed by atoms with Gasteiger partial charge < -0.3 is 4.90 Å². The average molecular weight is 161 g/mol. The Bertz CT molecular complexity index is 269. The Kier molecular flexibility index (Phi) is 2.93. The highest BCUT2D eigenvalue weighted by molar-refractivity contribution is 6.33. The van der Waals surface area contributed by atoms with Gasteiger partial charge in [0, 0.05) is 6.54 Å². The van der Waals surface area contributed by atoms with Gasteiger partial charge in [0.1, 0.15) is 7.85 Å². The van der Waals surface area contributed by atoms with Crippen LogP contribution < -0.4 is 5.46 Å². The van der Waals surface area contributed by atoms with Crippen LogP contribution in [0.2, 0.25) is 0 Å². The molecule has 0 radical (unpaired) electrons. The fourth-order valence-electron chi connectivity index (χ4n) is 1.36. The van der Waals surface area contributed by atoms with E-state index in [1.54, 1.807) is 0 Å². The summed E-state index contributed by atoms with van der Waals surface area (Å²) in [5.74, 6) is 0. The Labute approximate surface area is 75.8 Å². The summed E-state index contributed by atoms with van der Waals surface area (Å²) in [7, 11) is 6.37. The number of rotatable bonds is 2. The largest absolute Gasteiger partial charge is 0.305 e. The van der Waals surface area contributed by atoms with Gasteiger partial charge >= 0.3 is 0 Å². The molecule has 0 aliphatic rings. The Morgan fingerprint density at radius 3 is 2.50 bits per heavy atom. The molecule has 0 fully saturated rings. The van der Waals surface area contributed by atoms with Crippen LogP contribution in [0.25, 0.3) is 0 Å². The van der Waals surface area contributed by atoms with Gasteiger partial charge in [-0.2, -0.15) is 0 Å². The minimum Gasteiger partial charge on any atom is -0.305 e. The molecule has 0 saturated carbocycles. The topological polar surface area (TPSA) is 3.24 Å². The summed E-state index contributed by atoms with van der Waals surface area (Å²) in [5, 5.41) is 0. The van der Waals surface area contributed by atoms with Crippen LogP contribution in [-0.2, 0) is 6.54 Å². The highest BCUT2D eigenvalue weighted by Crippen LogP contribution is 2.01. The molecule has 0 N–H and O–H groups in total. The van der Waals surface area contributed by atoms with Crippen LogP contribution in [-0.4, -0.2) is 26.8 Å². The van der Waals surface area contributed by atoms with Crippen LogP contribution in [0.4, 0.5) is 0 Å². The Balaban J connectivity index is 2.86. The van der Waals surface area contributed by atoms with E-state index in [1.165, 1.54) is 16.6 Å². The Morgan fingerprint density at radius 2 is 2.00 bits per heavy atom. The van der Waals surface area contributed by atoms with Crippen LogP contribution in [0.5, 0.6) is 0 Å². The van der Waals surface area contributed by atoms with Crippen LogP contribution >= 0.6 is 0 Å². The molecule has 1 aromatic carbocycles. The zero-order valence-electron chi connectivity index (χ0n) is 8.39. The fraction of sp³-hybridized carbons (Fsp3) is 0.400. The molecule has 0 heterocycles. The van der Waals surface area contributed by atoms with Gasteiger partial charge in [0.15, 0.2) is 0 Å². The minimum atomic E-state index is 1.03. The van der Waals surface area contributed by atoms with Crippen LogP contribution in [0, 0.1) is 6.92 Å². The second-order valence-electron chi connectivity index (χ2n) is 3.67. The molecule has 0 unspecified atom stereocenters. The molecule has 1 aromatic rings. The van der Waals surface area contributed by atoms with Gasteiger partial charge in [-0.1, -0.05) is 29.2 Å². The van der Waals surface area contributed by atoms with E-state index in [0.29, 0.717) is 0 Å². The molecule has 1 nitrogen and oxygen atoms in total. The highest BCUT2D eigenvalue weighted by Gasteiger charge is 1.98. The predicted molar refractivity (Wildman–Crippen MR) is 56.7 cm³/mol. The second kappa shape index (κ2) is 3.77. The maximum absolute atomic E-state index is 2.23. The molecule has 12 heavy (non-hydrogen) atoms. The van der Waals surface area contributed by atoms with Crippen LogP contribution in [0.3, 0.4) is 0 Å². The highest BCUT2D eigenvalue weighted by atomic mass is 15.0. The molecule has 0 saturated heterocycles. The summed E-state index contributed by atoms with van der Waals surface area (Å²) in [6.45, 7) is 3.17. The third-order valence-electron chi connectivity index (χ3n) is 1.98. The van der Waals surface area contributed by atoms with E-state index in [4.69, 9.17) is 0 Å². The Hall–Kier alpha value is -0.755. The van der Waals surface area contributed by atoms with E-state index in [9.17, 15) is 0 Å². The Morgan fingerprint density at radius 1 is 1.33 bits per heavy atom. The van der Waals surface area contributed by atoms with E-state index in [-0.39, 0.29) is 0 Å². The molecule has 0 aromatic heterocycles. The SMILES string of the molecule is Bc1cc(C)ccc1CN(C)C. The first-order valence-corrected chi connectivity index (χ1v) is 4.30. The molecule has 64 valence electrons. The molecule has 0 bridgehead atoms. The number of benzene rings is 1. The van der Waals surface area contributed by atoms with Crippen LogP contribution in [0.1, 0.15) is 11.1 Å². The third kappa shape index (κ3) is 2.38. The van der Waals surface area contributed by atoms with Crippen LogP contribution in [0.15, 0.2) is 18.2 Å². The number of nitrogens with zero attached hydrogens (tertiary/aromatic N) is 1. The number of hydrogen-bond donors (Lipinski definition) is 0. The van der Waals surface area contributed by atoms with Crippen molar-refractivity contribution >= 4 is 13.3 Å². The van der Waals surface area contributed by atoms with E-state index >= 15 is 0 Å². The molecule has 0 aliphatic heterocycles. The van der Waals surface area contributed by atoms with Gasteiger partial charge in [-0.15, -0.1) is 0 Å². The third-order valence-corrected chi connectivity index (χ3v) is 1.98. The maximum atomic E-state index is 2.23. The lowest BCUT2D eigenvalue weighted by Gasteiger charge is -2.12. The maximum Gasteiger partial charge on any atom is 0.139 e. The summed E-state index contributed by atoms with van der Waals surface area (Å²) in [5.41, 5.74) is 4.16. The molecular formula is C10H16BN. The fourth-order valence-corrected chi connectivity index (χ4v) is 1.36. The molecule has 0 atom stereocenters. The smallest absolute Gasteiger partial charge is 0.139 e. The first-order chi connectivity index (χ1) is 5.59. The molecule has 0 aliphatic carbocycles. The summed E-state index contributed by atoms with van der Waals surface area (Å²) in [4.78, 5) is 2.19. The lowest BCUT2D eigenvalue weighted by atomic mass is 9.89. The van der Waals surface area contributed by atoms with Crippen molar-refractivity contribution in [3.8, 4) is 0 Å². The quantitative estimate of drug-likeness (QED) is 0.564. The van der Waals surface area contributed by atoms with Gasteiger partial charge in [0.25, 0.3) is 0 Å². The summed E-state index contributed by atoms with van der Waals surface area (Å²) in [6.07, 6.45) is 0. The summed E-state index contributed by atoms with van der Waals surface area (Å²) in [6, 6.07) is 6.62. The number of aryl methyl sites for hydroxylation is 1. The van der Waals surface area contributed by atoms with Gasteiger partial charge in [0.05, 0.1) is 0 Å². The lowest BCUT2D eigenvalue weighted by Crippen LogP contribution is -2.18. The zero-order chi connectivity index (χ0) is 9.14. The van der Waals surface area contributed by atoms with Gasteiger partial charge in [-0.3, -0.25) is 0 Å². The van der Waals surface area contributed by atoms with Gasteiger partial charge in [-0.25, -0.2) is 0 Å². The molecule has 2 heteroatoms. The van der Waals surface area contributed by atoms with E-state index in [0.717, 1.165) is 6.54 Å². The minimum absolute atomic E-state index is 1.03.